The van der Waals surface area contributed by atoms with Crippen molar-refractivity contribution < 1.29 is 59.6 Å². The molecule has 0 spiro atoms. The van der Waals surface area contributed by atoms with Crippen molar-refractivity contribution in [1.29, 1.82) is 0 Å². The molecule has 6 aromatic heterocycles. The number of benzene rings is 6. The third-order valence-corrected chi connectivity index (χ3v) is 18.0. The highest BCUT2D eigenvalue weighted by atomic mass is 19.1. The third kappa shape index (κ3) is 13.8. The molecule has 0 N–H and O–H groups in total. The number of ether oxygens (including phenoxy) is 5. The van der Waals surface area contributed by atoms with E-state index in [0.29, 0.717) is 69.4 Å². The first-order valence-corrected chi connectivity index (χ1v) is 32.0. The van der Waals surface area contributed by atoms with Gasteiger partial charge in [-0.3, -0.25) is 0 Å². The predicted octanol–water partition coefficient (Wildman–Crippen LogP) is 12.9. The monoisotopic (exact) mass is 1370 g/mol. The van der Waals surface area contributed by atoms with E-state index in [-0.39, 0.29) is 107 Å². The molecule has 2 saturated heterocycles. The summed E-state index contributed by atoms with van der Waals surface area (Å²) >= 11 is 0. The van der Waals surface area contributed by atoms with Crippen molar-refractivity contribution in [2.75, 3.05) is 26.4 Å². The highest BCUT2D eigenvalue weighted by Crippen LogP contribution is 2.43. The minimum absolute atomic E-state index is 0.00756. The molecule has 25 heteroatoms. The standard InChI is InChI=1S/C76H60F6N12O7/c1-75(2)41-97-39-67(75)93-65-29-45(19-23-63(65)85-69(93)31-49-27-59(81)53(33-57(49)79)61-9-7-11-71(87-61)99-37-47-17-13-43(25-55(47)77)15-21-51-35-83-89-91(51)5)73(95)101-74(96)46-20-24-64-66(30-46)94(68-40-98-42-76(68,3)4)70(86-64)32-50-28-60(82)54(34-58(50)80)62-10-8-12-72(88-62)100-38-48-18-14-44(26-56(48)78)16-22-52-36-84-90-92(52)6/h7-14,17-20,23-30,33-36,67-68H,31-32,37-42H2,1-6H3. The molecule has 0 saturated carbocycles. The number of carbonyl (C=O) groups is 2. The van der Waals surface area contributed by atoms with Gasteiger partial charge in [-0.05, 0) is 120 Å². The highest BCUT2D eigenvalue weighted by Gasteiger charge is 2.41. The van der Waals surface area contributed by atoms with Crippen LogP contribution in [-0.4, -0.2) is 97.4 Å². The highest BCUT2D eigenvalue weighted by molar-refractivity contribution is 6.05. The van der Waals surface area contributed by atoms with Crippen molar-refractivity contribution in [3.63, 3.8) is 0 Å². The Morgan fingerprint density at radius 1 is 0.495 bits per heavy atom. The van der Waals surface area contributed by atoms with Gasteiger partial charge in [-0.1, -0.05) is 74.2 Å². The number of pyridine rings is 2. The molecule has 508 valence electrons. The lowest BCUT2D eigenvalue weighted by Crippen LogP contribution is -2.27. The Bertz CT molecular complexity index is 5100. The van der Waals surface area contributed by atoms with Crippen LogP contribution >= 0.6 is 0 Å². The Kier molecular flexibility index (Phi) is 17.9. The lowest BCUT2D eigenvalue weighted by molar-refractivity contribution is 0.0397. The normalized spacial score (nSPS) is 15.3. The van der Waals surface area contributed by atoms with Crippen LogP contribution < -0.4 is 9.47 Å². The molecule has 2 unspecified atom stereocenters. The molecule has 0 amide bonds. The summed E-state index contributed by atoms with van der Waals surface area (Å²) in [6.07, 6.45) is 2.62. The fraction of sp³-hybridized carbons (Fsp3) is 0.237. The average molecular weight is 1370 g/mol. The summed E-state index contributed by atoms with van der Waals surface area (Å²) in [5, 5.41) is 15.2. The van der Waals surface area contributed by atoms with E-state index in [1.54, 1.807) is 50.5 Å². The van der Waals surface area contributed by atoms with Crippen molar-refractivity contribution in [2.24, 2.45) is 24.9 Å². The van der Waals surface area contributed by atoms with Crippen LogP contribution in [0.3, 0.4) is 0 Å². The number of imidazole rings is 2. The summed E-state index contributed by atoms with van der Waals surface area (Å²) in [6, 6.07) is 30.7. The lowest BCUT2D eigenvalue weighted by Gasteiger charge is -2.28. The maximum absolute atomic E-state index is 16.5. The smallest absolute Gasteiger partial charge is 0.346 e. The van der Waals surface area contributed by atoms with Gasteiger partial charge in [0, 0.05) is 83.3 Å². The predicted molar refractivity (Wildman–Crippen MR) is 357 cm³/mol. The molecule has 8 heterocycles. The van der Waals surface area contributed by atoms with Gasteiger partial charge in [0.25, 0.3) is 0 Å². The van der Waals surface area contributed by atoms with Crippen LogP contribution in [-0.2, 0) is 54.4 Å². The zero-order valence-corrected chi connectivity index (χ0v) is 55.2. The van der Waals surface area contributed by atoms with Gasteiger partial charge in [0.1, 0.15) is 71.2 Å². The van der Waals surface area contributed by atoms with Gasteiger partial charge >= 0.3 is 11.9 Å². The van der Waals surface area contributed by atoms with Gasteiger partial charge < -0.3 is 32.8 Å². The number of hydrogen-bond acceptors (Lipinski definition) is 15. The summed E-state index contributed by atoms with van der Waals surface area (Å²) in [5.74, 6) is 6.16. The summed E-state index contributed by atoms with van der Waals surface area (Å²) in [6.45, 7) is 8.76. The van der Waals surface area contributed by atoms with Gasteiger partial charge in [0.15, 0.2) is 0 Å². The number of aryl methyl sites for hydroxylation is 2. The molecule has 2 fully saturated rings. The van der Waals surface area contributed by atoms with Gasteiger partial charge in [-0.25, -0.2) is 65.2 Å². The Balaban J connectivity index is 0.676. The van der Waals surface area contributed by atoms with Crippen molar-refractivity contribution in [2.45, 2.75) is 65.8 Å². The van der Waals surface area contributed by atoms with Crippen molar-refractivity contribution in [3.05, 3.63) is 248 Å². The number of aromatic nitrogens is 12. The Labute approximate surface area is 573 Å². The van der Waals surface area contributed by atoms with Gasteiger partial charge in [-0.15, -0.1) is 10.2 Å². The Morgan fingerprint density at radius 3 is 1.31 bits per heavy atom. The first-order chi connectivity index (χ1) is 48.6. The second-order valence-corrected chi connectivity index (χ2v) is 26.0. The van der Waals surface area contributed by atoms with Crippen LogP contribution in [0.1, 0.15) is 117 Å². The van der Waals surface area contributed by atoms with Crippen LogP contribution in [0.15, 0.2) is 146 Å². The molecule has 0 radical (unpaired) electrons. The molecule has 6 aromatic carbocycles. The van der Waals surface area contributed by atoms with E-state index in [1.807, 2.05) is 36.8 Å². The van der Waals surface area contributed by atoms with E-state index >= 15 is 26.3 Å². The SMILES string of the molecule is Cn1nncc1C#Cc1ccc(COc2cccc(-c3cc(F)c(Cc4nc5ccc(C(=O)OC(=O)c6ccc7nc(Cc8cc(F)c(-c9cccc(OCc%10ccc(C#Cc%11cnnn%11C)cc%10F)n9)cc8F)n(C8COCC8(C)C)c7c6)cc5n4C4COCC4(C)C)cc3F)n2)c(F)c1. The molecule has 2 aliphatic rings. The van der Waals surface area contributed by atoms with Crippen LogP contribution in [0.2, 0.25) is 0 Å². The third-order valence-electron chi connectivity index (χ3n) is 18.0. The number of halogens is 6. The van der Waals surface area contributed by atoms with Crippen molar-refractivity contribution in [3.8, 4) is 58.0 Å². The number of hydrogen-bond donors (Lipinski definition) is 0. The second-order valence-electron chi connectivity index (χ2n) is 26.0. The maximum Gasteiger partial charge on any atom is 0.346 e. The molecule has 0 aliphatic carbocycles. The average Bonchev–Trinajstić information content (AvgIpc) is 1.61. The minimum atomic E-state index is -0.989. The van der Waals surface area contributed by atoms with E-state index in [2.05, 4.69) is 54.3 Å². The number of rotatable bonds is 16. The van der Waals surface area contributed by atoms with E-state index in [4.69, 9.17) is 33.7 Å². The van der Waals surface area contributed by atoms with E-state index in [1.165, 1.54) is 94.6 Å². The van der Waals surface area contributed by atoms with E-state index < -0.39 is 69.8 Å². The molecule has 2 aliphatic heterocycles. The fourth-order valence-corrected chi connectivity index (χ4v) is 12.4. The topological polar surface area (TPSA) is 203 Å². The number of carbonyl (C=O) groups excluding carboxylic acids is 2. The van der Waals surface area contributed by atoms with E-state index in [9.17, 15) is 9.59 Å². The van der Waals surface area contributed by atoms with Gasteiger partial charge in [0.05, 0.1) is 95.5 Å². The van der Waals surface area contributed by atoms with Gasteiger partial charge in [0.2, 0.25) is 11.8 Å². The quantitative estimate of drug-likeness (QED) is 0.0382. The molecular formula is C76H60F6N12O7. The summed E-state index contributed by atoms with van der Waals surface area (Å²) in [4.78, 5) is 47.0. The summed E-state index contributed by atoms with van der Waals surface area (Å²) in [7, 11) is 3.38. The molecule has 0 bridgehead atoms. The molecule has 2 atom stereocenters. The Hall–Kier alpha value is -11.8. The first-order valence-electron chi connectivity index (χ1n) is 32.0. The largest absolute Gasteiger partial charge is 0.473 e. The first kappa shape index (κ1) is 66.4. The number of fused-ring (bicyclic) bond motifs is 2. The molecule has 14 rings (SSSR count). The van der Waals surface area contributed by atoms with Crippen LogP contribution in [0.4, 0.5) is 26.3 Å². The Morgan fingerprint density at radius 2 is 0.921 bits per heavy atom. The lowest BCUT2D eigenvalue weighted by atomic mass is 9.87. The van der Waals surface area contributed by atoms with Crippen LogP contribution in [0, 0.1) is 69.4 Å². The van der Waals surface area contributed by atoms with Crippen LogP contribution in [0.25, 0.3) is 44.6 Å². The van der Waals surface area contributed by atoms with Crippen LogP contribution in [0.5, 0.6) is 11.8 Å². The number of nitrogens with zero attached hydrogens (tertiary/aromatic N) is 12. The van der Waals surface area contributed by atoms with Crippen molar-refractivity contribution >= 4 is 34.0 Å². The molecule has 101 heavy (non-hydrogen) atoms. The second kappa shape index (κ2) is 27.1. The molecule has 12 aromatic rings. The fourth-order valence-electron chi connectivity index (χ4n) is 12.4. The van der Waals surface area contributed by atoms with Crippen molar-refractivity contribution in [1.82, 2.24) is 59.1 Å². The summed E-state index contributed by atoms with van der Waals surface area (Å²) in [5.41, 5.74) is 2.92. The zero-order valence-electron chi connectivity index (χ0n) is 55.2. The molecule has 19 nitrogen and oxygen atoms in total. The number of esters is 2. The van der Waals surface area contributed by atoms with E-state index in [0.717, 1.165) is 24.3 Å². The molecular weight excluding hydrogens is 1310 g/mol. The zero-order chi connectivity index (χ0) is 70.4. The minimum Gasteiger partial charge on any atom is -0.473 e. The van der Waals surface area contributed by atoms with Gasteiger partial charge in [-0.2, -0.15) is 0 Å². The maximum atomic E-state index is 16.5. The summed E-state index contributed by atoms with van der Waals surface area (Å²) < 4.78 is 132.